The van der Waals surface area contributed by atoms with Crippen LogP contribution in [0.4, 0.5) is 4.39 Å². The highest BCUT2D eigenvalue weighted by molar-refractivity contribution is 7.13. The third-order valence-electron chi connectivity index (χ3n) is 2.92. The van der Waals surface area contributed by atoms with E-state index in [4.69, 9.17) is 5.26 Å². The van der Waals surface area contributed by atoms with E-state index < -0.39 is 0 Å². The third-order valence-corrected chi connectivity index (χ3v) is 3.81. The lowest BCUT2D eigenvalue weighted by molar-refractivity contribution is 0.628. The van der Waals surface area contributed by atoms with Crippen LogP contribution in [0.25, 0.3) is 21.8 Å². The SMILES string of the molecule is N#Cc1ccccc1-c1csc(-c2ccc(F)cc2)n1. The Kier molecular flexibility index (Phi) is 3.28. The Bertz CT molecular complexity index is 785. The highest BCUT2D eigenvalue weighted by Crippen LogP contribution is 2.30. The molecule has 0 aliphatic carbocycles. The van der Waals surface area contributed by atoms with Gasteiger partial charge in [-0.05, 0) is 30.3 Å². The zero-order chi connectivity index (χ0) is 13.9. The number of hydrogen-bond donors (Lipinski definition) is 0. The van der Waals surface area contributed by atoms with E-state index in [-0.39, 0.29) is 5.82 Å². The Balaban J connectivity index is 2.02. The van der Waals surface area contributed by atoms with Crippen molar-refractivity contribution in [3.63, 3.8) is 0 Å². The quantitative estimate of drug-likeness (QED) is 0.693. The summed E-state index contributed by atoms with van der Waals surface area (Å²) in [5.41, 5.74) is 3.06. The Morgan fingerprint density at radius 3 is 2.55 bits per heavy atom. The first-order valence-electron chi connectivity index (χ1n) is 5.99. The molecule has 0 aliphatic heterocycles. The van der Waals surface area contributed by atoms with Gasteiger partial charge < -0.3 is 0 Å². The minimum absolute atomic E-state index is 0.264. The van der Waals surface area contributed by atoms with E-state index in [2.05, 4.69) is 11.1 Å². The van der Waals surface area contributed by atoms with Crippen molar-refractivity contribution in [2.24, 2.45) is 0 Å². The molecule has 3 rings (SSSR count). The molecule has 96 valence electrons. The molecule has 0 bridgehead atoms. The smallest absolute Gasteiger partial charge is 0.124 e. The number of nitriles is 1. The number of thiazole rings is 1. The molecule has 0 atom stereocenters. The minimum Gasteiger partial charge on any atom is -0.236 e. The number of rotatable bonds is 2. The first-order valence-corrected chi connectivity index (χ1v) is 6.87. The summed E-state index contributed by atoms with van der Waals surface area (Å²) in [5.74, 6) is -0.264. The second-order valence-electron chi connectivity index (χ2n) is 4.20. The van der Waals surface area contributed by atoms with Crippen LogP contribution >= 0.6 is 11.3 Å². The van der Waals surface area contributed by atoms with Crippen LogP contribution in [0, 0.1) is 17.1 Å². The number of nitrogens with zero attached hydrogens (tertiary/aromatic N) is 2. The molecular weight excluding hydrogens is 271 g/mol. The van der Waals surface area contributed by atoms with Crippen molar-refractivity contribution in [3.05, 3.63) is 65.3 Å². The second kappa shape index (κ2) is 5.24. The molecule has 0 spiro atoms. The number of benzene rings is 2. The largest absolute Gasteiger partial charge is 0.236 e. The fourth-order valence-corrected chi connectivity index (χ4v) is 2.75. The van der Waals surface area contributed by atoms with E-state index in [9.17, 15) is 4.39 Å². The molecule has 0 radical (unpaired) electrons. The lowest BCUT2D eigenvalue weighted by atomic mass is 10.1. The zero-order valence-corrected chi connectivity index (χ0v) is 11.2. The van der Waals surface area contributed by atoms with Crippen LogP contribution in [0.1, 0.15) is 5.56 Å². The molecule has 0 fully saturated rings. The molecule has 0 saturated heterocycles. The molecule has 1 heterocycles. The van der Waals surface area contributed by atoms with Crippen LogP contribution in [0.5, 0.6) is 0 Å². The summed E-state index contributed by atoms with van der Waals surface area (Å²) in [7, 11) is 0. The van der Waals surface area contributed by atoms with E-state index in [0.29, 0.717) is 5.56 Å². The van der Waals surface area contributed by atoms with Crippen LogP contribution in [0.2, 0.25) is 0 Å². The first kappa shape index (κ1) is 12.5. The fraction of sp³-hybridized carbons (Fsp3) is 0. The van der Waals surface area contributed by atoms with E-state index in [1.165, 1.54) is 23.5 Å². The van der Waals surface area contributed by atoms with Crippen molar-refractivity contribution in [1.29, 1.82) is 5.26 Å². The molecule has 0 unspecified atom stereocenters. The highest BCUT2D eigenvalue weighted by Gasteiger charge is 2.09. The van der Waals surface area contributed by atoms with Gasteiger partial charge in [-0.3, -0.25) is 0 Å². The van der Waals surface area contributed by atoms with Gasteiger partial charge in [0.2, 0.25) is 0 Å². The molecule has 20 heavy (non-hydrogen) atoms. The maximum Gasteiger partial charge on any atom is 0.124 e. The van der Waals surface area contributed by atoms with E-state index in [1.807, 2.05) is 23.6 Å². The van der Waals surface area contributed by atoms with E-state index in [1.54, 1.807) is 18.2 Å². The summed E-state index contributed by atoms with van der Waals surface area (Å²) >= 11 is 1.48. The monoisotopic (exact) mass is 280 g/mol. The van der Waals surface area contributed by atoms with Crippen molar-refractivity contribution in [2.75, 3.05) is 0 Å². The minimum atomic E-state index is -0.264. The lowest BCUT2D eigenvalue weighted by Gasteiger charge is -1.99. The van der Waals surface area contributed by atoms with Gasteiger partial charge in [-0.1, -0.05) is 18.2 Å². The van der Waals surface area contributed by atoms with Gasteiger partial charge in [0.05, 0.1) is 17.3 Å². The molecule has 0 amide bonds. The van der Waals surface area contributed by atoms with Crippen molar-refractivity contribution in [3.8, 4) is 27.9 Å². The van der Waals surface area contributed by atoms with Crippen LogP contribution < -0.4 is 0 Å². The summed E-state index contributed by atoms with van der Waals surface area (Å²) in [6.45, 7) is 0. The maximum atomic E-state index is 12.9. The fourth-order valence-electron chi connectivity index (χ4n) is 1.93. The number of hydrogen-bond acceptors (Lipinski definition) is 3. The van der Waals surface area contributed by atoms with Gasteiger partial charge in [0, 0.05) is 16.5 Å². The van der Waals surface area contributed by atoms with Gasteiger partial charge in [-0.15, -0.1) is 11.3 Å². The van der Waals surface area contributed by atoms with Gasteiger partial charge in [0.25, 0.3) is 0 Å². The average molecular weight is 280 g/mol. The highest BCUT2D eigenvalue weighted by atomic mass is 32.1. The van der Waals surface area contributed by atoms with Crippen LogP contribution in [-0.4, -0.2) is 4.98 Å². The molecule has 1 aromatic heterocycles. The topological polar surface area (TPSA) is 36.7 Å². The maximum absolute atomic E-state index is 12.9. The predicted molar refractivity (Wildman–Crippen MR) is 77.7 cm³/mol. The summed E-state index contributed by atoms with van der Waals surface area (Å²) in [5, 5.41) is 11.8. The third kappa shape index (κ3) is 2.31. The Morgan fingerprint density at radius 1 is 1.05 bits per heavy atom. The van der Waals surface area contributed by atoms with E-state index in [0.717, 1.165) is 21.8 Å². The van der Waals surface area contributed by atoms with Crippen molar-refractivity contribution >= 4 is 11.3 Å². The molecular formula is C16H9FN2S. The second-order valence-corrected chi connectivity index (χ2v) is 5.06. The molecule has 2 nitrogen and oxygen atoms in total. The zero-order valence-electron chi connectivity index (χ0n) is 10.4. The molecule has 3 aromatic rings. The van der Waals surface area contributed by atoms with Gasteiger partial charge in [0.1, 0.15) is 10.8 Å². The molecule has 0 N–H and O–H groups in total. The molecule has 2 aromatic carbocycles. The standard InChI is InChI=1S/C16H9FN2S/c17-13-7-5-11(6-8-13)16-19-15(10-20-16)14-4-2-1-3-12(14)9-18/h1-8,10H. The molecule has 0 aliphatic rings. The lowest BCUT2D eigenvalue weighted by Crippen LogP contribution is -1.84. The summed E-state index contributed by atoms with van der Waals surface area (Å²) < 4.78 is 12.9. The molecule has 4 heteroatoms. The first-order chi connectivity index (χ1) is 9.78. The van der Waals surface area contributed by atoms with Crippen LogP contribution in [-0.2, 0) is 0 Å². The van der Waals surface area contributed by atoms with Gasteiger partial charge >= 0.3 is 0 Å². The normalized spacial score (nSPS) is 10.2. The average Bonchev–Trinajstić information content (AvgIpc) is 2.97. The van der Waals surface area contributed by atoms with Gasteiger partial charge in [0.15, 0.2) is 0 Å². The van der Waals surface area contributed by atoms with E-state index >= 15 is 0 Å². The van der Waals surface area contributed by atoms with Crippen molar-refractivity contribution in [2.45, 2.75) is 0 Å². The number of halogens is 1. The number of aromatic nitrogens is 1. The predicted octanol–water partition coefficient (Wildman–Crippen LogP) is 4.49. The summed E-state index contributed by atoms with van der Waals surface area (Å²) in [4.78, 5) is 4.53. The molecule has 0 saturated carbocycles. The van der Waals surface area contributed by atoms with Crippen molar-refractivity contribution in [1.82, 2.24) is 4.98 Å². The van der Waals surface area contributed by atoms with Crippen molar-refractivity contribution < 1.29 is 4.39 Å². The summed E-state index contributed by atoms with van der Waals surface area (Å²) in [6, 6.07) is 15.8. The Hall–Kier alpha value is -2.51. The van der Waals surface area contributed by atoms with Gasteiger partial charge in [-0.25, -0.2) is 9.37 Å². The Morgan fingerprint density at radius 2 is 1.80 bits per heavy atom. The van der Waals surface area contributed by atoms with Crippen LogP contribution in [0.15, 0.2) is 53.9 Å². The van der Waals surface area contributed by atoms with Gasteiger partial charge in [-0.2, -0.15) is 5.26 Å². The Labute approximate surface area is 119 Å². The summed E-state index contributed by atoms with van der Waals surface area (Å²) in [6.07, 6.45) is 0. The van der Waals surface area contributed by atoms with Crippen LogP contribution in [0.3, 0.4) is 0 Å².